The summed E-state index contributed by atoms with van der Waals surface area (Å²) in [6.45, 7) is 8.94. The molecule has 0 aliphatic heterocycles. The summed E-state index contributed by atoms with van der Waals surface area (Å²) in [7, 11) is 0. The molecule has 90 valence electrons. The van der Waals surface area contributed by atoms with E-state index >= 15 is 0 Å². The normalized spacial score (nSPS) is 38.4. The van der Waals surface area contributed by atoms with Crippen molar-refractivity contribution < 1.29 is 5.11 Å². The summed E-state index contributed by atoms with van der Waals surface area (Å²) >= 11 is 0. The van der Waals surface area contributed by atoms with E-state index in [1.807, 2.05) is 6.92 Å². The van der Waals surface area contributed by atoms with Crippen LogP contribution in [0.1, 0.15) is 46.0 Å². The van der Waals surface area contributed by atoms with Crippen LogP contribution in [0.25, 0.3) is 0 Å². The van der Waals surface area contributed by atoms with Gasteiger partial charge in [-0.15, -0.1) is 0 Å². The number of hydrogen-bond donors (Lipinski definition) is 1. The molecule has 2 fully saturated rings. The summed E-state index contributed by atoms with van der Waals surface area (Å²) in [4.78, 5) is 0. The van der Waals surface area contributed by atoms with Crippen LogP contribution in [0.15, 0.2) is 23.8 Å². The molecule has 2 bridgehead atoms. The van der Waals surface area contributed by atoms with Gasteiger partial charge >= 0.3 is 0 Å². The van der Waals surface area contributed by atoms with Gasteiger partial charge in [0, 0.05) is 0 Å². The quantitative estimate of drug-likeness (QED) is 0.716. The number of rotatable bonds is 4. The summed E-state index contributed by atoms with van der Waals surface area (Å²) in [6.07, 6.45) is 8.66. The van der Waals surface area contributed by atoms with E-state index in [1.165, 1.54) is 31.3 Å². The van der Waals surface area contributed by atoms with Crippen LogP contribution in [0.5, 0.6) is 0 Å². The molecule has 2 saturated carbocycles. The average molecular weight is 220 g/mol. The SMILES string of the molecule is C=C1C2CCC(C2)[C@]1(C)CC/C=C(\C)CO. The number of aliphatic hydroxyl groups is 1. The highest BCUT2D eigenvalue weighted by Crippen LogP contribution is 2.60. The first-order valence-electron chi connectivity index (χ1n) is 6.53. The van der Waals surface area contributed by atoms with Crippen molar-refractivity contribution in [3.63, 3.8) is 0 Å². The zero-order chi connectivity index (χ0) is 11.8. The van der Waals surface area contributed by atoms with Gasteiger partial charge in [0.15, 0.2) is 0 Å². The maximum absolute atomic E-state index is 8.96. The van der Waals surface area contributed by atoms with Gasteiger partial charge < -0.3 is 5.11 Å². The smallest absolute Gasteiger partial charge is 0.0639 e. The van der Waals surface area contributed by atoms with Gasteiger partial charge in [-0.1, -0.05) is 30.7 Å². The van der Waals surface area contributed by atoms with E-state index in [0.717, 1.165) is 23.8 Å². The Hall–Kier alpha value is -0.560. The van der Waals surface area contributed by atoms with Crippen molar-refractivity contribution in [2.75, 3.05) is 6.61 Å². The first-order valence-corrected chi connectivity index (χ1v) is 6.53. The predicted octanol–water partition coefficient (Wildman–Crippen LogP) is 3.70. The van der Waals surface area contributed by atoms with E-state index in [0.29, 0.717) is 5.41 Å². The van der Waals surface area contributed by atoms with Gasteiger partial charge in [-0.25, -0.2) is 0 Å². The maximum atomic E-state index is 8.96. The third-order valence-corrected chi connectivity index (χ3v) is 4.97. The fraction of sp³-hybridized carbons (Fsp3) is 0.733. The predicted molar refractivity (Wildman–Crippen MR) is 68.2 cm³/mol. The Balaban J connectivity index is 1.96. The summed E-state index contributed by atoms with van der Waals surface area (Å²) in [5.74, 6) is 1.70. The molecule has 2 aliphatic rings. The summed E-state index contributed by atoms with van der Waals surface area (Å²) in [5, 5.41) is 8.96. The van der Waals surface area contributed by atoms with Crippen molar-refractivity contribution in [1.29, 1.82) is 0 Å². The molecule has 1 N–H and O–H groups in total. The largest absolute Gasteiger partial charge is 0.392 e. The molecule has 1 heteroatoms. The summed E-state index contributed by atoms with van der Waals surface area (Å²) < 4.78 is 0. The van der Waals surface area contributed by atoms with Crippen LogP contribution in [0, 0.1) is 17.3 Å². The molecule has 16 heavy (non-hydrogen) atoms. The molecule has 0 spiro atoms. The van der Waals surface area contributed by atoms with Crippen molar-refractivity contribution in [3.8, 4) is 0 Å². The monoisotopic (exact) mass is 220 g/mol. The number of allylic oxidation sites excluding steroid dienone is 2. The highest BCUT2D eigenvalue weighted by molar-refractivity contribution is 5.24. The van der Waals surface area contributed by atoms with E-state index in [1.54, 1.807) is 0 Å². The minimum Gasteiger partial charge on any atom is -0.392 e. The Morgan fingerprint density at radius 1 is 1.56 bits per heavy atom. The molecule has 0 saturated heterocycles. The number of fused-ring (bicyclic) bond motifs is 2. The third kappa shape index (κ3) is 1.86. The van der Waals surface area contributed by atoms with Crippen molar-refractivity contribution in [2.24, 2.45) is 17.3 Å². The lowest BCUT2D eigenvalue weighted by Crippen LogP contribution is -2.26. The molecule has 1 nitrogen and oxygen atoms in total. The van der Waals surface area contributed by atoms with E-state index in [2.05, 4.69) is 19.6 Å². The van der Waals surface area contributed by atoms with Crippen molar-refractivity contribution in [3.05, 3.63) is 23.8 Å². The Morgan fingerprint density at radius 2 is 2.31 bits per heavy atom. The van der Waals surface area contributed by atoms with Crippen LogP contribution >= 0.6 is 0 Å². The van der Waals surface area contributed by atoms with Crippen LogP contribution < -0.4 is 0 Å². The molecular weight excluding hydrogens is 196 g/mol. The van der Waals surface area contributed by atoms with E-state index < -0.39 is 0 Å². The fourth-order valence-electron chi connectivity index (χ4n) is 3.65. The van der Waals surface area contributed by atoms with Crippen molar-refractivity contribution >= 4 is 0 Å². The standard InChI is InChI=1S/C15H24O/c1-11(10-16)5-4-8-15(3)12(2)13-6-7-14(15)9-13/h5,13-14,16H,2,4,6-10H2,1,3H3/b11-5+/t13?,14?,15-/m1/s1. The number of hydrogen-bond acceptors (Lipinski definition) is 1. The van der Waals surface area contributed by atoms with Crippen molar-refractivity contribution in [2.45, 2.75) is 46.0 Å². The van der Waals surface area contributed by atoms with Gasteiger partial charge in [0.1, 0.15) is 0 Å². The Bertz CT molecular complexity index is 315. The lowest BCUT2D eigenvalue weighted by atomic mass is 9.69. The molecule has 0 aromatic heterocycles. The van der Waals surface area contributed by atoms with Gasteiger partial charge in [-0.3, -0.25) is 0 Å². The van der Waals surface area contributed by atoms with Crippen LogP contribution in [0.4, 0.5) is 0 Å². The second-order valence-electron chi connectivity index (χ2n) is 5.90. The molecule has 2 rings (SSSR count). The fourth-order valence-corrected chi connectivity index (χ4v) is 3.65. The Morgan fingerprint density at radius 3 is 2.88 bits per heavy atom. The molecule has 2 unspecified atom stereocenters. The Labute approximate surface area is 99.3 Å². The van der Waals surface area contributed by atoms with Crippen molar-refractivity contribution in [1.82, 2.24) is 0 Å². The second-order valence-corrected chi connectivity index (χ2v) is 5.90. The lowest BCUT2D eigenvalue weighted by Gasteiger charge is -2.36. The number of aliphatic hydroxyl groups excluding tert-OH is 1. The molecule has 0 amide bonds. The first-order chi connectivity index (χ1) is 7.58. The van der Waals surface area contributed by atoms with E-state index in [9.17, 15) is 0 Å². The van der Waals surface area contributed by atoms with Gasteiger partial charge in [0.25, 0.3) is 0 Å². The van der Waals surface area contributed by atoms with Crippen LogP contribution in [0.3, 0.4) is 0 Å². The highest BCUT2D eigenvalue weighted by Gasteiger charge is 2.49. The zero-order valence-electron chi connectivity index (χ0n) is 10.6. The van der Waals surface area contributed by atoms with Crippen LogP contribution in [0.2, 0.25) is 0 Å². The lowest BCUT2D eigenvalue weighted by molar-refractivity contribution is 0.240. The van der Waals surface area contributed by atoms with E-state index in [-0.39, 0.29) is 6.61 Å². The highest BCUT2D eigenvalue weighted by atomic mass is 16.3. The second kappa shape index (κ2) is 4.37. The molecule has 2 aliphatic carbocycles. The molecule has 0 heterocycles. The van der Waals surface area contributed by atoms with Gasteiger partial charge in [-0.2, -0.15) is 0 Å². The molecule has 0 aromatic carbocycles. The van der Waals surface area contributed by atoms with Gasteiger partial charge in [0.05, 0.1) is 6.61 Å². The Kier molecular flexibility index (Phi) is 3.25. The molecule has 0 radical (unpaired) electrons. The average Bonchev–Trinajstić information content (AvgIpc) is 2.83. The summed E-state index contributed by atoms with van der Waals surface area (Å²) in [6, 6.07) is 0. The van der Waals surface area contributed by atoms with Gasteiger partial charge in [-0.05, 0) is 56.3 Å². The van der Waals surface area contributed by atoms with Gasteiger partial charge in [0.2, 0.25) is 0 Å². The van der Waals surface area contributed by atoms with Crippen LogP contribution in [-0.4, -0.2) is 11.7 Å². The minimum absolute atomic E-state index is 0.198. The molecule has 3 atom stereocenters. The third-order valence-electron chi connectivity index (χ3n) is 4.97. The topological polar surface area (TPSA) is 20.2 Å². The summed E-state index contributed by atoms with van der Waals surface area (Å²) in [5.41, 5.74) is 2.99. The van der Waals surface area contributed by atoms with Crippen LogP contribution in [-0.2, 0) is 0 Å². The maximum Gasteiger partial charge on any atom is 0.0639 e. The molecule has 0 aromatic rings. The zero-order valence-corrected chi connectivity index (χ0v) is 10.6. The first kappa shape index (κ1) is 11.9. The minimum atomic E-state index is 0.198. The molecular formula is C15H24O. The van der Waals surface area contributed by atoms with E-state index in [4.69, 9.17) is 5.11 Å².